The smallest absolute Gasteiger partial charge is 0.107 e. The fraction of sp³-hybridized carbons (Fsp3) is 0.625. The Labute approximate surface area is 134 Å². The molecule has 0 saturated carbocycles. The van der Waals surface area contributed by atoms with Gasteiger partial charge in [0.1, 0.15) is 4.99 Å². The molecule has 0 unspecified atom stereocenters. The Kier molecular flexibility index (Phi) is 6.55. The average molecular weight is 308 g/mol. The number of pyridine rings is 1. The van der Waals surface area contributed by atoms with Crippen LogP contribution >= 0.6 is 12.2 Å². The van der Waals surface area contributed by atoms with E-state index in [0.29, 0.717) is 10.9 Å². The van der Waals surface area contributed by atoms with E-state index in [1.165, 1.54) is 0 Å². The molecule has 5 heteroatoms. The SMILES string of the molecule is Cc1cc(N(CCN(C)C)CC(C)C)c(C(N)=S)c(C)n1. The number of anilines is 1. The van der Waals surface area contributed by atoms with Gasteiger partial charge >= 0.3 is 0 Å². The zero-order valence-electron chi connectivity index (χ0n) is 14.1. The molecule has 118 valence electrons. The first kappa shape index (κ1) is 17.9. The second-order valence-corrected chi connectivity index (χ2v) is 6.69. The summed E-state index contributed by atoms with van der Waals surface area (Å²) in [6.45, 7) is 11.4. The van der Waals surface area contributed by atoms with Crippen LogP contribution in [-0.4, -0.2) is 48.6 Å². The van der Waals surface area contributed by atoms with Crippen molar-refractivity contribution in [1.82, 2.24) is 9.88 Å². The van der Waals surface area contributed by atoms with E-state index in [-0.39, 0.29) is 0 Å². The van der Waals surface area contributed by atoms with Gasteiger partial charge in [0.2, 0.25) is 0 Å². The standard InChI is InChI=1S/C16H28N4S/c1-11(2)10-20(8-7-19(5)6)14-9-12(3)18-13(4)15(14)16(17)21/h9,11H,7-8,10H2,1-6H3,(H2,17,21). The largest absolute Gasteiger partial charge is 0.389 e. The molecule has 0 saturated heterocycles. The number of nitrogens with two attached hydrogens (primary N) is 1. The molecule has 1 heterocycles. The van der Waals surface area contributed by atoms with Crippen LogP contribution < -0.4 is 10.6 Å². The van der Waals surface area contributed by atoms with Crippen molar-refractivity contribution in [2.24, 2.45) is 11.7 Å². The lowest BCUT2D eigenvalue weighted by Crippen LogP contribution is -2.36. The van der Waals surface area contributed by atoms with Gasteiger partial charge in [-0.05, 0) is 39.9 Å². The predicted molar refractivity (Wildman–Crippen MR) is 95.2 cm³/mol. The highest BCUT2D eigenvalue weighted by atomic mass is 32.1. The number of likely N-dealkylation sites (N-methyl/N-ethyl adjacent to an activating group) is 1. The van der Waals surface area contributed by atoms with Gasteiger partial charge in [-0.3, -0.25) is 4.98 Å². The third-order valence-electron chi connectivity index (χ3n) is 3.30. The molecule has 1 aromatic heterocycles. The highest BCUT2D eigenvalue weighted by molar-refractivity contribution is 7.80. The van der Waals surface area contributed by atoms with Crippen molar-refractivity contribution >= 4 is 22.9 Å². The molecule has 2 N–H and O–H groups in total. The topological polar surface area (TPSA) is 45.4 Å². The van der Waals surface area contributed by atoms with Gasteiger partial charge in [-0.2, -0.15) is 0 Å². The number of hydrogen-bond acceptors (Lipinski definition) is 4. The Morgan fingerprint density at radius 1 is 1.29 bits per heavy atom. The summed E-state index contributed by atoms with van der Waals surface area (Å²) >= 11 is 5.25. The van der Waals surface area contributed by atoms with Crippen molar-refractivity contribution in [2.75, 3.05) is 38.6 Å². The van der Waals surface area contributed by atoms with Gasteiger partial charge in [-0.25, -0.2) is 0 Å². The van der Waals surface area contributed by atoms with Crippen molar-refractivity contribution in [3.8, 4) is 0 Å². The van der Waals surface area contributed by atoms with E-state index < -0.39 is 0 Å². The van der Waals surface area contributed by atoms with Gasteiger partial charge in [0.25, 0.3) is 0 Å². The molecule has 21 heavy (non-hydrogen) atoms. The molecular formula is C16H28N4S. The number of aryl methyl sites for hydroxylation is 2. The number of hydrogen-bond donors (Lipinski definition) is 1. The molecule has 0 aromatic carbocycles. The quantitative estimate of drug-likeness (QED) is 0.784. The summed E-state index contributed by atoms with van der Waals surface area (Å²) in [6.07, 6.45) is 0. The van der Waals surface area contributed by atoms with Crippen LogP contribution in [0.3, 0.4) is 0 Å². The molecule has 0 aliphatic rings. The lowest BCUT2D eigenvalue weighted by Gasteiger charge is -2.30. The van der Waals surface area contributed by atoms with E-state index in [2.05, 4.69) is 48.8 Å². The Hall–Kier alpha value is -1.20. The van der Waals surface area contributed by atoms with Crippen LogP contribution in [0.5, 0.6) is 0 Å². The maximum absolute atomic E-state index is 5.94. The average Bonchev–Trinajstić information content (AvgIpc) is 2.32. The van der Waals surface area contributed by atoms with Gasteiger partial charge in [-0.1, -0.05) is 26.1 Å². The Bertz CT molecular complexity index is 497. The maximum Gasteiger partial charge on any atom is 0.107 e. The van der Waals surface area contributed by atoms with Crippen molar-refractivity contribution in [1.29, 1.82) is 0 Å². The highest BCUT2D eigenvalue weighted by Gasteiger charge is 2.18. The number of nitrogens with zero attached hydrogens (tertiary/aromatic N) is 3. The molecule has 0 aliphatic carbocycles. The molecule has 0 atom stereocenters. The van der Waals surface area contributed by atoms with Gasteiger partial charge in [0.05, 0.1) is 11.3 Å². The highest BCUT2D eigenvalue weighted by Crippen LogP contribution is 2.25. The van der Waals surface area contributed by atoms with Gasteiger partial charge in [-0.15, -0.1) is 0 Å². The van der Waals surface area contributed by atoms with Crippen molar-refractivity contribution < 1.29 is 0 Å². The Morgan fingerprint density at radius 2 is 1.90 bits per heavy atom. The van der Waals surface area contributed by atoms with Crippen LogP contribution in [0.4, 0.5) is 5.69 Å². The summed E-state index contributed by atoms with van der Waals surface area (Å²) < 4.78 is 0. The lowest BCUT2D eigenvalue weighted by atomic mass is 10.1. The van der Waals surface area contributed by atoms with Gasteiger partial charge < -0.3 is 15.5 Å². The van der Waals surface area contributed by atoms with Gasteiger partial charge in [0, 0.05) is 31.0 Å². The second kappa shape index (κ2) is 7.71. The summed E-state index contributed by atoms with van der Waals surface area (Å²) in [5, 5.41) is 0. The Morgan fingerprint density at radius 3 is 2.38 bits per heavy atom. The molecule has 0 fully saturated rings. The zero-order chi connectivity index (χ0) is 16.2. The van der Waals surface area contributed by atoms with Crippen LogP contribution in [0.15, 0.2) is 6.07 Å². The monoisotopic (exact) mass is 308 g/mol. The number of rotatable bonds is 7. The fourth-order valence-corrected chi connectivity index (χ4v) is 2.69. The van der Waals surface area contributed by atoms with Crippen molar-refractivity contribution in [2.45, 2.75) is 27.7 Å². The van der Waals surface area contributed by atoms with Crippen LogP contribution in [0.25, 0.3) is 0 Å². The van der Waals surface area contributed by atoms with E-state index in [9.17, 15) is 0 Å². The fourth-order valence-electron chi connectivity index (χ4n) is 2.43. The first-order valence-corrected chi connectivity index (χ1v) is 7.81. The van der Waals surface area contributed by atoms with E-state index in [1.807, 2.05) is 13.8 Å². The third-order valence-corrected chi connectivity index (χ3v) is 3.50. The number of aromatic nitrogens is 1. The minimum Gasteiger partial charge on any atom is -0.389 e. The van der Waals surface area contributed by atoms with E-state index in [4.69, 9.17) is 18.0 Å². The second-order valence-electron chi connectivity index (χ2n) is 6.25. The summed E-state index contributed by atoms with van der Waals surface area (Å²) in [6, 6.07) is 2.10. The molecule has 0 radical (unpaired) electrons. The first-order chi connectivity index (χ1) is 9.72. The summed E-state index contributed by atoms with van der Waals surface area (Å²) in [4.78, 5) is 9.50. The van der Waals surface area contributed by atoms with Crippen LogP contribution in [0.1, 0.15) is 30.8 Å². The summed E-state index contributed by atoms with van der Waals surface area (Å²) in [5.74, 6) is 0.570. The third kappa shape index (κ3) is 5.25. The molecule has 1 aromatic rings. The van der Waals surface area contributed by atoms with Crippen molar-refractivity contribution in [3.05, 3.63) is 23.0 Å². The molecule has 0 spiro atoms. The Balaban J connectivity index is 3.24. The molecule has 0 aliphatic heterocycles. The summed E-state index contributed by atoms with van der Waals surface area (Å²) in [7, 11) is 4.18. The minimum absolute atomic E-state index is 0.425. The molecule has 0 amide bonds. The van der Waals surface area contributed by atoms with Gasteiger partial charge in [0.15, 0.2) is 0 Å². The number of thiocarbonyl (C=S) groups is 1. The van der Waals surface area contributed by atoms with E-state index in [1.54, 1.807) is 0 Å². The normalized spacial score (nSPS) is 11.2. The minimum atomic E-state index is 0.425. The first-order valence-electron chi connectivity index (χ1n) is 7.40. The van der Waals surface area contributed by atoms with E-state index >= 15 is 0 Å². The van der Waals surface area contributed by atoms with E-state index in [0.717, 1.165) is 42.3 Å². The van der Waals surface area contributed by atoms with Crippen LogP contribution in [0.2, 0.25) is 0 Å². The molecule has 1 rings (SSSR count). The lowest BCUT2D eigenvalue weighted by molar-refractivity contribution is 0.409. The molecule has 4 nitrogen and oxygen atoms in total. The maximum atomic E-state index is 5.94. The predicted octanol–water partition coefficient (Wildman–Crippen LogP) is 2.36. The summed E-state index contributed by atoms with van der Waals surface area (Å²) in [5.41, 5.74) is 9.88. The molecule has 0 bridgehead atoms. The van der Waals surface area contributed by atoms with Crippen LogP contribution in [0, 0.1) is 19.8 Å². The zero-order valence-corrected chi connectivity index (χ0v) is 14.9. The van der Waals surface area contributed by atoms with Crippen LogP contribution in [-0.2, 0) is 0 Å². The van der Waals surface area contributed by atoms with Crippen molar-refractivity contribution in [3.63, 3.8) is 0 Å². The molecular weight excluding hydrogens is 280 g/mol.